The van der Waals surface area contributed by atoms with Crippen molar-refractivity contribution in [2.45, 2.75) is 19.5 Å². The molecule has 1 rings (SSSR count). The van der Waals surface area contributed by atoms with Crippen molar-refractivity contribution in [3.8, 4) is 0 Å². The van der Waals surface area contributed by atoms with E-state index in [-0.39, 0.29) is 0 Å². The van der Waals surface area contributed by atoms with Crippen molar-refractivity contribution >= 4 is 17.3 Å². The fourth-order valence-corrected chi connectivity index (χ4v) is 2.06. The molecule has 1 N–H and O–H groups in total. The number of nitrogens with one attached hydrogen (secondary N) is 1. The predicted octanol–water partition coefficient (Wildman–Crippen LogP) is 2.53. The van der Waals surface area contributed by atoms with Gasteiger partial charge in [-0.1, -0.05) is 17.7 Å². The molecular weight excluding hydrogens is 236 g/mol. The molecule has 0 saturated heterocycles. The Morgan fingerprint density at radius 1 is 1.47 bits per heavy atom. The number of nitrogens with zero attached hydrogens (tertiary/aromatic N) is 1. The lowest BCUT2D eigenvalue weighted by Gasteiger charge is -2.29. The zero-order chi connectivity index (χ0) is 12.8. The smallest absolute Gasteiger partial charge is 0.0663 e. The molecule has 4 heteroatoms. The highest BCUT2D eigenvalue weighted by atomic mass is 35.5. The van der Waals surface area contributed by atoms with Gasteiger partial charge in [-0.2, -0.15) is 0 Å². The summed E-state index contributed by atoms with van der Waals surface area (Å²) in [6.45, 7) is 3.59. The molecule has 17 heavy (non-hydrogen) atoms. The first kappa shape index (κ1) is 14.3. The van der Waals surface area contributed by atoms with E-state index in [9.17, 15) is 0 Å². The van der Waals surface area contributed by atoms with Crippen LogP contribution in [0.5, 0.6) is 0 Å². The van der Waals surface area contributed by atoms with Crippen LogP contribution in [0, 0.1) is 0 Å². The average molecular weight is 257 g/mol. The summed E-state index contributed by atoms with van der Waals surface area (Å²) in [6.07, 6.45) is 0. The van der Waals surface area contributed by atoms with Crippen LogP contribution in [0.2, 0.25) is 5.02 Å². The minimum absolute atomic E-state index is 0.314. The van der Waals surface area contributed by atoms with Gasteiger partial charge < -0.3 is 15.0 Å². The van der Waals surface area contributed by atoms with Gasteiger partial charge in [0.05, 0.1) is 6.61 Å². The van der Waals surface area contributed by atoms with Crippen molar-refractivity contribution < 1.29 is 4.74 Å². The Kier molecular flexibility index (Phi) is 5.75. The summed E-state index contributed by atoms with van der Waals surface area (Å²) in [4.78, 5) is 2.20. The quantitative estimate of drug-likeness (QED) is 0.847. The molecule has 0 aliphatic heterocycles. The third-order valence-electron chi connectivity index (χ3n) is 2.90. The van der Waals surface area contributed by atoms with Gasteiger partial charge in [-0.15, -0.1) is 0 Å². The lowest BCUT2D eigenvalue weighted by atomic mass is 10.1. The Hall–Kier alpha value is -0.770. The van der Waals surface area contributed by atoms with Gasteiger partial charge in [0.2, 0.25) is 0 Å². The van der Waals surface area contributed by atoms with Crippen molar-refractivity contribution in [3.63, 3.8) is 0 Å². The first-order valence-electron chi connectivity index (χ1n) is 5.75. The molecule has 1 unspecified atom stereocenters. The number of rotatable bonds is 6. The Labute approximate surface area is 109 Å². The van der Waals surface area contributed by atoms with E-state index in [1.54, 1.807) is 7.11 Å². The van der Waals surface area contributed by atoms with Crippen molar-refractivity contribution in [2.75, 3.05) is 32.7 Å². The average Bonchev–Trinajstić information content (AvgIpc) is 2.31. The maximum Gasteiger partial charge on any atom is 0.0663 e. The highest BCUT2D eigenvalue weighted by molar-refractivity contribution is 6.31. The van der Waals surface area contributed by atoms with E-state index < -0.39 is 0 Å². The zero-order valence-electron chi connectivity index (χ0n) is 11.0. The lowest BCUT2D eigenvalue weighted by Crippen LogP contribution is -2.33. The Morgan fingerprint density at radius 2 is 2.18 bits per heavy atom. The first-order valence-corrected chi connectivity index (χ1v) is 6.13. The van der Waals surface area contributed by atoms with E-state index in [0.29, 0.717) is 12.6 Å². The second-order valence-electron chi connectivity index (χ2n) is 4.18. The summed E-state index contributed by atoms with van der Waals surface area (Å²) in [7, 11) is 5.71. The van der Waals surface area contributed by atoms with Gasteiger partial charge >= 0.3 is 0 Å². The van der Waals surface area contributed by atoms with Gasteiger partial charge in [0, 0.05) is 43.0 Å². The van der Waals surface area contributed by atoms with Gasteiger partial charge in [0.15, 0.2) is 0 Å². The number of anilines is 1. The minimum Gasteiger partial charge on any atom is -0.383 e. The van der Waals surface area contributed by atoms with Crippen molar-refractivity contribution in [3.05, 3.63) is 28.8 Å². The number of ether oxygens (including phenoxy) is 1. The molecule has 0 fully saturated rings. The molecule has 1 atom stereocenters. The number of benzene rings is 1. The van der Waals surface area contributed by atoms with Crippen LogP contribution in [0.25, 0.3) is 0 Å². The third-order valence-corrected chi connectivity index (χ3v) is 3.25. The molecule has 0 aromatic heterocycles. The molecular formula is C13H21ClN2O. The molecule has 0 heterocycles. The number of hydrogen-bond donors (Lipinski definition) is 1. The molecule has 1 aromatic rings. The van der Waals surface area contributed by atoms with E-state index in [4.69, 9.17) is 16.3 Å². The Bertz CT molecular complexity index is 357. The number of likely N-dealkylation sites (N-methyl/N-ethyl adjacent to an activating group) is 1. The van der Waals surface area contributed by atoms with Crippen LogP contribution in [0.3, 0.4) is 0 Å². The molecule has 0 saturated carbocycles. The molecule has 0 spiro atoms. The zero-order valence-corrected chi connectivity index (χ0v) is 11.7. The monoisotopic (exact) mass is 256 g/mol. The Morgan fingerprint density at radius 3 is 2.76 bits per heavy atom. The van der Waals surface area contributed by atoms with Crippen LogP contribution in [0.15, 0.2) is 18.2 Å². The fraction of sp³-hybridized carbons (Fsp3) is 0.538. The van der Waals surface area contributed by atoms with Crippen LogP contribution >= 0.6 is 11.6 Å². The van der Waals surface area contributed by atoms with E-state index in [1.807, 2.05) is 19.2 Å². The maximum atomic E-state index is 6.24. The highest BCUT2D eigenvalue weighted by Crippen LogP contribution is 2.27. The summed E-state index contributed by atoms with van der Waals surface area (Å²) >= 11 is 6.24. The maximum absolute atomic E-state index is 6.24. The van der Waals surface area contributed by atoms with Crippen molar-refractivity contribution in [1.82, 2.24) is 5.32 Å². The molecule has 0 bridgehead atoms. The normalized spacial score (nSPS) is 12.5. The van der Waals surface area contributed by atoms with Gasteiger partial charge in [-0.05, 0) is 26.1 Å². The largest absolute Gasteiger partial charge is 0.383 e. The minimum atomic E-state index is 0.314. The summed E-state index contributed by atoms with van der Waals surface area (Å²) in [6, 6.07) is 6.30. The summed E-state index contributed by atoms with van der Waals surface area (Å²) in [5.74, 6) is 0. The van der Waals surface area contributed by atoms with E-state index in [1.165, 1.54) is 0 Å². The second-order valence-corrected chi connectivity index (χ2v) is 4.59. The van der Waals surface area contributed by atoms with Crippen molar-refractivity contribution in [2.24, 2.45) is 0 Å². The molecule has 96 valence electrons. The van der Waals surface area contributed by atoms with Crippen LogP contribution in [-0.2, 0) is 11.3 Å². The van der Waals surface area contributed by atoms with Crippen molar-refractivity contribution in [1.29, 1.82) is 0 Å². The molecule has 0 amide bonds. The summed E-state index contributed by atoms with van der Waals surface area (Å²) in [5, 5.41) is 3.95. The van der Waals surface area contributed by atoms with Gasteiger partial charge in [0.25, 0.3) is 0 Å². The number of methoxy groups -OCH3 is 1. The third kappa shape index (κ3) is 3.60. The molecule has 0 aliphatic rings. The Balaban J connectivity index is 2.99. The van der Waals surface area contributed by atoms with Gasteiger partial charge in [-0.3, -0.25) is 0 Å². The fourth-order valence-electron chi connectivity index (χ4n) is 1.82. The molecule has 1 aromatic carbocycles. The van der Waals surface area contributed by atoms with Gasteiger partial charge in [0.1, 0.15) is 0 Å². The topological polar surface area (TPSA) is 24.5 Å². The second kappa shape index (κ2) is 6.84. The molecule has 3 nitrogen and oxygen atoms in total. The number of hydrogen-bond acceptors (Lipinski definition) is 3. The SMILES string of the molecule is CNCc1c(Cl)cccc1N(C)C(C)COC. The van der Waals surface area contributed by atoms with E-state index in [2.05, 4.69) is 30.3 Å². The van der Waals surface area contributed by atoms with Crippen LogP contribution in [0.4, 0.5) is 5.69 Å². The van der Waals surface area contributed by atoms with Crippen LogP contribution in [-0.4, -0.2) is 33.9 Å². The number of halogens is 1. The molecule has 0 radical (unpaired) electrons. The lowest BCUT2D eigenvalue weighted by molar-refractivity contribution is 0.183. The highest BCUT2D eigenvalue weighted by Gasteiger charge is 2.14. The summed E-state index contributed by atoms with van der Waals surface area (Å²) in [5.41, 5.74) is 2.28. The molecule has 0 aliphatic carbocycles. The predicted molar refractivity (Wildman–Crippen MR) is 74.0 cm³/mol. The summed E-state index contributed by atoms with van der Waals surface area (Å²) < 4.78 is 5.19. The standard InChI is InChI=1S/C13H21ClN2O/c1-10(9-17-4)16(3)13-7-5-6-12(14)11(13)8-15-2/h5-7,10,15H,8-9H2,1-4H3. The van der Waals surface area contributed by atoms with Crippen LogP contribution in [0.1, 0.15) is 12.5 Å². The van der Waals surface area contributed by atoms with E-state index in [0.717, 1.165) is 22.8 Å². The first-order chi connectivity index (χ1) is 8.11. The van der Waals surface area contributed by atoms with E-state index >= 15 is 0 Å². The van der Waals surface area contributed by atoms with Crippen LogP contribution < -0.4 is 10.2 Å². The van der Waals surface area contributed by atoms with Gasteiger partial charge in [-0.25, -0.2) is 0 Å².